The molecule has 5 heteroatoms. The van der Waals surface area contributed by atoms with Gasteiger partial charge >= 0.3 is 6.18 Å². The fraction of sp³-hybridized carbons (Fsp3) is 0.571. The average molecular weight is 274 g/mol. The number of hydrogen-bond acceptors (Lipinski definition) is 2. The number of nitrogens with zero attached hydrogens (tertiary/aromatic N) is 1. The van der Waals surface area contributed by atoms with Crippen molar-refractivity contribution < 1.29 is 13.2 Å². The molecule has 1 atom stereocenters. The molecule has 0 spiro atoms. The lowest BCUT2D eigenvalue weighted by atomic mass is 9.99. The van der Waals surface area contributed by atoms with E-state index in [9.17, 15) is 13.2 Å². The maximum absolute atomic E-state index is 13.0. The Kier molecular flexibility index (Phi) is 5.82. The first-order valence-electron chi connectivity index (χ1n) is 6.40. The summed E-state index contributed by atoms with van der Waals surface area (Å²) in [5.74, 6) is 0. The van der Waals surface area contributed by atoms with Crippen LogP contribution in [0.1, 0.15) is 30.5 Å². The lowest BCUT2D eigenvalue weighted by Gasteiger charge is -2.25. The third-order valence-corrected chi connectivity index (χ3v) is 2.83. The number of benzene rings is 1. The maximum atomic E-state index is 13.0. The Hall–Kier alpha value is -1.07. The molecule has 0 fully saturated rings. The molecule has 2 nitrogen and oxygen atoms in total. The molecule has 0 aromatic heterocycles. The summed E-state index contributed by atoms with van der Waals surface area (Å²) in [5.41, 5.74) is -0.234. The predicted molar refractivity (Wildman–Crippen MR) is 71.0 cm³/mol. The van der Waals surface area contributed by atoms with Crippen molar-refractivity contribution in [2.45, 2.75) is 25.6 Å². The van der Waals surface area contributed by atoms with Crippen molar-refractivity contribution in [3.05, 3.63) is 35.4 Å². The molecular formula is C14H21F3N2. The molecule has 1 N–H and O–H groups in total. The van der Waals surface area contributed by atoms with Crippen molar-refractivity contribution in [2.24, 2.45) is 0 Å². The second kappa shape index (κ2) is 6.91. The van der Waals surface area contributed by atoms with Gasteiger partial charge in [0.15, 0.2) is 0 Å². The van der Waals surface area contributed by atoms with Crippen molar-refractivity contribution in [3.63, 3.8) is 0 Å². The van der Waals surface area contributed by atoms with Crippen LogP contribution in [0, 0.1) is 0 Å². The normalized spacial score (nSPS) is 13.8. The topological polar surface area (TPSA) is 15.3 Å². The number of rotatable bonds is 6. The smallest absolute Gasteiger partial charge is 0.309 e. The molecule has 19 heavy (non-hydrogen) atoms. The highest BCUT2D eigenvalue weighted by molar-refractivity contribution is 5.32. The van der Waals surface area contributed by atoms with Gasteiger partial charge in [-0.05, 0) is 38.7 Å². The highest BCUT2D eigenvalue weighted by atomic mass is 19.4. The number of hydrogen-bond donors (Lipinski definition) is 1. The SMILES string of the molecule is CCCNC(CN(C)C)c1ccccc1C(F)(F)F. The minimum atomic E-state index is -4.31. The highest BCUT2D eigenvalue weighted by Gasteiger charge is 2.34. The van der Waals surface area contributed by atoms with Gasteiger partial charge in [0.2, 0.25) is 0 Å². The quantitative estimate of drug-likeness (QED) is 0.856. The first kappa shape index (κ1) is 16.0. The van der Waals surface area contributed by atoms with E-state index in [4.69, 9.17) is 0 Å². The molecule has 0 heterocycles. The van der Waals surface area contributed by atoms with Gasteiger partial charge in [0.1, 0.15) is 0 Å². The molecule has 0 saturated carbocycles. The van der Waals surface area contributed by atoms with Crippen molar-refractivity contribution in [1.82, 2.24) is 10.2 Å². The summed E-state index contributed by atoms with van der Waals surface area (Å²) < 4.78 is 39.1. The van der Waals surface area contributed by atoms with Crippen LogP contribution in [0.5, 0.6) is 0 Å². The molecule has 0 bridgehead atoms. The summed E-state index contributed by atoms with van der Waals surface area (Å²) in [6, 6.07) is 5.47. The molecule has 0 aliphatic rings. The summed E-state index contributed by atoms with van der Waals surface area (Å²) in [6.45, 7) is 3.23. The number of alkyl halides is 3. The van der Waals surface area contributed by atoms with Crippen LogP contribution >= 0.6 is 0 Å². The van der Waals surface area contributed by atoms with Crippen LogP contribution < -0.4 is 5.32 Å². The molecule has 0 radical (unpaired) electrons. The van der Waals surface area contributed by atoms with Gasteiger partial charge in [-0.2, -0.15) is 13.2 Å². The fourth-order valence-corrected chi connectivity index (χ4v) is 2.02. The number of nitrogens with one attached hydrogen (secondary N) is 1. The largest absolute Gasteiger partial charge is 0.416 e. The third kappa shape index (κ3) is 4.84. The van der Waals surface area contributed by atoms with Crippen molar-refractivity contribution in [1.29, 1.82) is 0 Å². The van der Waals surface area contributed by atoms with E-state index >= 15 is 0 Å². The Morgan fingerprint density at radius 3 is 2.37 bits per heavy atom. The van der Waals surface area contributed by atoms with Gasteiger partial charge in [-0.25, -0.2) is 0 Å². The van der Waals surface area contributed by atoms with Crippen molar-refractivity contribution in [2.75, 3.05) is 27.2 Å². The van der Waals surface area contributed by atoms with Crippen LogP contribution in [0.2, 0.25) is 0 Å². The Morgan fingerprint density at radius 1 is 1.21 bits per heavy atom. The lowest BCUT2D eigenvalue weighted by Crippen LogP contribution is -2.33. The van der Waals surface area contributed by atoms with E-state index in [1.165, 1.54) is 6.07 Å². The van der Waals surface area contributed by atoms with Gasteiger partial charge < -0.3 is 10.2 Å². The van der Waals surface area contributed by atoms with Gasteiger partial charge in [0.05, 0.1) is 5.56 Å². The zero-order chi connectivity index (χ0) is 14.5. The van der Waals surface area contributed by atoms with E-state index in [0.717, 1.165) is 12.5 Å². The molecule has 1 rings (SSSR count). The van der Waals surface area contributed by atoms with Crippen molar-refractivity contribution in [3.8, 4) is 0 Å². The summed E-state index contributed by atoms with van der Waals surface area (Å²) in [5, 5.41) is 3.19. The summed E-state index contributed by atoms with van der Waals surface area (Å²) >= 11 is 0. The molecule has 1 aromatic rings. The van der Waals surface area contributed by atoms with E-state index in [1.54, 1.807) is 12.1 Å². The molecule has 0 amide bonds. The van der Waals surface area contributed by atoms with E-state index < -0.39 is 11.7 Å². The Balaban J connectivity index is 3.07. The summed E-state index contributed by atoms with van der Waals surface area (Å²) in [7, 11) is 3.72. The van der Waals surface area contributed by atoms with E-state index in [-0.39, 0.29) is 6.04 Å². The van der Waals surface area contributed by atoms with Gasteiger partial charge in [0, 0.05) is 12.6 Å². The maximum Gasteiger partial charge on any atom is 0.416 e. The predicted octanol–water partition coefficient (Wildman–Crippen LogP) is 3.31. The number of likely N-dealkylation sites (N-methyl/N-ethyl adjacent to an activating group) is 1. The molecule has 108 valence electrons. The molecule has 1 unspecified atom stereocenters. The second-order valence-electron chi connectivity index (χ2n) is 4.85. The highest BCUT2D eigenvalue weighted by Crippen LogP contribution is 2.34. The molecule has 1 aromatic carbocycles. The minimum absolute atomic E-state index is 0.312. The second-order valence-corrected chi connectivity index (χ2v) is 4.85. The van der Waals surface area contributed by atoms with Gasteiger partial charge in [-0.15, -0.1) is 0 Å². The standard InChI is InChI=1S/C14H21F3N2/c1-4-9-18-13(10-19(2)3)11-7-5-6-8-12(11)14(15,16)17/h5-8,13,18H,4,9-10H2,1-3H3. The minimum Gasteiger partial charge on any atom is -0.309 e. The van der Waals surface area contributed by atoms with Crippen LogP contribution in [0.3, 0.4) is 0 Å². The molecule has 0 aliphatic carbocycles. The first-order chi connectivity index (χ1) is 8.86. The monoisotopic (exact) mass is 274 g/mol. The zero-order valence-corrected chi connectivity index (χ0v) is 11.6. The average Bonchev–Trinajstić information content (AvgIpc) is 2.33. The zero-order valence-electron chi connectivity index (χ0n) is 11.6. The van der Waals surface area contributed by atoms with Crippen LogP contribution in [-0.4, -0.2) is 32.1 Å². The number of halogens is 3. The molecule has 0 aliphatic heterocycles. The first-order valence-corrected chi connectivity index (χ1v) is 6.40. The van der Waals surface area contributed by atoms with E-state index in [0.29, 0.717) is 18.7 Å². The van der Waals surface area contributed by atoms with Crippen LogP contribution in [0.15, 0.2) is 24.3 Å². The van der Waals surface area contributed by atoms with Crippen molar-refractivity contribution >= 4 is 0 Å². The Morgan fingerprint density at radius 2 is 1.84 bits per heavy atom. The van der Waals surface area contributed by atoms with Gasteiger partial charge in [-0.3, -0.25) is 0 Å². The van der Waals surface area contributed by atoms with Crippen LogP contribution in [0.25, 0.3) is 0 Å². The summed E-state index contributed by atoms with van der Waals surface area (Å²) in [6.07, 6.45) is -3.42. The Bertz CT molecular complexity index is 389. The lowest BCUT2D eigenvalue weighted by molar-refractivity contribution is -0.138. The van der Waals surface area contributed by atoms with Crippen LogP contribution in [-0.2, 0) is 6.18 Å². The molecular weight excluding hydrogens is 253 g/mol. The van der Waals surface area contributed by atoms with Gasteiger partial charge in [0.25, 0.3) is 0 Å². The summed E-state index contributed by atoms with van der Waals surface area (Å²) in [4.78, 5) is 1.89. The third-order valence-electron chi connectivity index (χ3n) is 2.83. The van der Waals surface area contributed by atoms with Gasteiger partial charge in [-0.1, -0.05) is 25.1 Å². The Labute approximate surface area is 112 Å². The molecule has 0 saturated heterocycles. The van der Waals surface area contributed by atoms with E-state index in [2.05, 4.69) is 5.32 Å². The van der Waals surface area contributed by atoms with Crippen LogP contribution in [0.4, 0.5) is 13.2 Å². The van der Waals surface area contributed by atoms with E-state index in [1.807, 2.05) is 25.9 Å². The fourth-order valence-electron chi connectivity index (χ4n) is 2.02.